The van der Waals surface area contributed by atoms with Crippen LogP contribution in [0.2, 0.25) is 0 Å². The lowest BCUT2D eigenvalue weighted by molar-refractivity contribution is 0.601. The highest BCUT2D eigenvalue weighted by Gasteiger charge is 2.14. The Labute approximate surface area is 128 Å². The second kappa shape index (κ2) is 5.61. The lowest BCUT2D eigenvalue weighted by atomic mass is 10.2. The van der Waals surface area contributed by atoms with Gasteiger partial charge in [-0.2, -0.15) is 5.10 Å². The second-order valence-electron chi connectivity index (χ2n) is 4.77. The maximum atomic E-state index is 12.3. The molecule has 2 heterocycles. The quantitative estimate of drug-likeness (QED) is 0.802. The van der Waals surface area contributed by atoms with Gasteiger partial charge in [-0.1, -0.05) is 17.7 Å². The Hall–Kier alpha value is -2.67. The summed E-state index contributed by atoms with van der Waals surface area (Å²) >= 11 is 0. The summed E-state index contributed by atoms with van der Waals surface area (Å²) in [6, 6.07) is 11.8. The van der Waals surface area contributed by atoms with Gasteiger partial charge < -0.3 is 0 Å². The minimum Gasteiger partial charge on any atom is -0.278 e. The highest BCUT2D eigenvalue weighted by Crippen LogP contribution is 2.16. The van der Waals surface area contributed by atoms with Crippen LogP contribution in [0.5, 0.6) is 0 Å². The van der Waals surface area contributed by atoms with Crippen LogP contribution < -0.4 is 4.72 Å². The van der Waals surface area contributed by atoms with Crippen molar-refractivity contribution < 1.29 is 8.42 Å². The molecule has 3 aromatic rings. The number of sulfonamides is 1. The van der Waals surface area contributed by atoms with E-state index >= 15 is 0 Å². The molecule has 0 saturated heterocycles. The first-order valence-electron chi connectivity index (χ1n) is 6.60. The van der Waals surface area contributed by atoms with E-state index in [9.17, 15) is 8.42 Å². The van der Waals surface area contributed by atoms with Gasteiger partial charge in [0.1, 0.15) is 0 Å². The van der Waals surface area contributed by atoms with Crippen LogP contribution in [0, 0.1) is 6.92 Å². The normalized spacial score (nSPS) is 11.3. The minimum atomic E-state index is -3.61. The van der Waals surface area contributed by atoms with Crippen molar-refractivity contribution in [2.45, 2.75) is 11.8 Å². The standard InChI is InChI=1S/C15H14N4O2S/c1-12-3-6-14(7-4-12)22(20,21)18-13-5-8-15(16-11-13)19-10-2-9-17-19/h2-11,18H,1H3. The number of benzene rings is 1. The molecule has 0 radical (unpaired) electrons. The molecular weight excluding hydrogens is 300 g/mol. The maximum absolute atomic E-state index is 12.3. The topological polar surface area (TPSA) is 76.9 Å². The average Bonchev–Trinajstić information content (AvgIpc) is 3.02. The van der Waals surface area contributed by atoms with Gasteiger partial charge in [0.25, 0.3) is 10.0 Å². The average molecular weight is 314 g/mol. The predicted molar refractivity (Wildman–Crippen MR) is 83.3 cm³/mol. The smallest absolute Gasteiger partial charge is 0.261 e. The van der Waals surface area contributed by atoms with Crippen LogP contribution in [-0.2, 0) is 10.0 Å². The number of rotatable bonds is 4. The zero-order valence-corrected chi connectivity index (χ0v) is 12.7. The molecule has 6 nitrogen and oxygen atoms in total. The van der Waals surface area contributed by atoms with Crippen LogP contribution in [0.3, 0.4) is 0 Å². The first-order valence-corrected chi connectivity index (χ1v) is 8.08. The molecule has 7 heteroatoms. The summed E-state index contributed by atoms with van der Waals surface area (Å²) in [6.07, 6.45) is 4.87. The molecule has 0 amide bonds. The molecule has 1 aromatic carbocycles. The molecule has 22 heavy (non-hydrogen) atoms. The Morgan fingerprint density at radius 1 is 1.09 bits per heavy atom. The van der Waals surface area contributed by atoms with Crippen LogP contribution >= 0.6 is 0 Å². The number of hydrogen-bond acceptors (Lipinski definition) is 4. The first-order chi connectivity index (χ1) is 10.5. The third-order valence-corrected chi connectivity index (χ3v) is 4.47. The maximum Gasteiger partial charge on any atom is 0.261 e. The van der Waals surface area contributed by atoms with E-state index in [4.69, 9.17) is 0 Å². The molecule has 0 aliphatic carbocycles. The van der Waals surface area contributed by atoms with E-state index in [2.05, 4.69) is 14.8 Å². The van der Waals surface area contributed by atoms with E-state index in [1.54, 1.807) is 59.5 Å². The summed E-state index contributed by atoms with van der Waals surface area (Å²) in [5, 5.41) is 4.06. The van der Waals surface area contributed by atoms with Crippen molar-refractivity contribution in [2.75, 3.05) is 4.72 Å². The van der Waals surface area contributed by atoms with Gasteiger partial charge in [-0.05, 0) is 37.3 Å². The second-order valence-corrected chi connectivity index (χ2v) is 6.46. The lowest BCUT2D eigenvalue weighted by Gasteiger charge is -2.08. The Bertz CT molecular complexity index is 855. The van der Waals surface area contributed by atoms with Gasteiger partial charge in [0.2, 0.25) is 0 Å². The summed E-state index contributed by atoms with van der Waals surface area (Å²) in [4.78, 5) is 4.40. The van der Waals surface area contributed by atoms with Gasteiger partial charge in [0.05, 0.1) is 16.8 Å². The summed E-state index contributed by atoms with van der Waals surface area (Å²) in [5.41, 5.74) is 1.40. The molecule has 0 saturated carbocycles. The highest BCUT2D eigenvalue weighted by molar-refractivity contribution is 7.92. The number of hydrogen-bond donors (Lipinski definition) is 1. The molecule has 0 unspecified atom stereocenters. The molecule has 1 N–H and O–H groups in total. The molecule has 3 rings (SSSR count). The predicted octanol–water partition coefficient (Wildman–Crippen LogP) is 2.38. The molecule has 0 atom stereocenters. The molecule has 0 aliphatic rings. The molecule has 112 valence electrons. The first kappa shape index (κ1) is 14.3. The van der Waals surface area contributed by atoms with Crippen LogP contribution in [-0.4, -0.2) is 23.2 Å². The Morgan fingerprint density at radius 3 is 2.45 bits per heavy atom. The fourth-order valence-electron chi connectivity index (χ4n) is 1.92. The van der Waals surface area contributed by atoms with E-state index in [0.717, 1.165) is 5.56 Å². The SMILES string of the molecule is Cc1ccc(S(=O)(=O)Nc2ccc(-n3cccn3)nc2)cc1. The minimum absolute atomic E-state index is 0.217. The van der Waals surface area contributed by atoms with Crippen molar-refractivity contribution >= 4 is 15.7 Å². The van der Waals surface area contributed by atoms with Gasteiger partial charge >= 0.3 is 0 Å². The van der Waals surface area contributed by atoms with Crippen molar-refractivity contribution in [3.8, 4) is 5.82 Å². The van der Waals surface area contributed by atoms with Crippen molar-refractivity contribution in [1.29, 1.82) is 0 Å². The molecule has 0 spiro atoms. The summed E-state index contributed by atoms with van der Waals surface area (Å²) in [6.45, 7) is 1.90. The Balaban J connectivity index is 1.82. The van der Waals surface area contributed by atoms with E-state index in [1.165, 1.54) is 6.20 Å². The van der Waals surface area contributed by atoms with Crippen molar-refractivity contribution in [2.24, 2.45) is 0 Å². The molecular formula is C15H14N4O2S. The summed E-state index contributed by atoms with van der Waals surface area (Å²) in [7, 11) is -3.61. The van der Waals surface area contributed by atoms with E-state index < -0.39 is 10.0 Å². The number of aromatic nitrogens is 3. The number of pyridine rings is 1. The Kier molecular flexibility index (Phi) is 3.64. The zero-order valence-electron chi connectivity index (χ0n) is 11.8. The number of nitrogens with zero attached hydrogens (tertiary/aromatic N) is 3. The monoisotopic (exact) mass is 314 g/mol. The van der Waals surface area contributed by atoms with Crippen LogP contribution in [0.15, 0.2) is 66.0 Å². The van der Waals surface area contributed by atoms with Gasteiger partial charge in [0.15, 0.2) is 5.82 Å². The Morgan fingerprint density at radius 2 is 1.86 bits per heavy atom. The lowest BCUT2D eigenvalue weighted by Crippen LogP contribution is -2.13. The number of aryl methyl sites for hydroxylation is 1. The van der Waals surface area contributed by atoms with Crippen LogP contribution in [0.4, 0.5) is 5.69 Å². The van der Waals surface area contributed by atoms with Crippen LogP contribution in [0.25, 0.3) is 5.82 Å². The third-order valence-electron chi connectivity index (χ3n) is 3.07. The van der Waals surface area contributed by atoms with Gasteiger partial charge in [0, 0.05) is 12.4 Å². The fourth-order valence-corrected chi connectivity index (χ4v) is 2.96. The van der Waals surface area contributed by atoms with Crippen LogP contribution in [0.1, 0.15) is 5.56 Å². The largest absolute Gasteiger partial charge is 0.278 e. The van der Waals surface area contributed by atoms with E-state index in [1.807, 2.05) is 6.92 Å². The van der Waals surface area contributed by atoms with E-state index in [-0.39, 0.29) is 4.90 Å². The number of nitrogens with one attached hydrogen (secondary N) is 1. The van der Waals surface area contributed by atoms with Gasteiger partial charge in [-0.3, -0.25) is 4.72 Å². The fraction of sp³-hybridized carbons (Fsp3) is 0.0667. The molecule has 0 aliphatic heterocycles. The van der Waals surface area contributed by atoms with Gasteiger partial charge in [-0.25, -0.2) is 18.1 Å². The van der Waals surface area contributed by atoms with Crippen molar-refractivity contribution in [1.82, 2.24) is 14.8 Å². The molecule has 2 aromatic heterocycles. The summed E-state index contributed by atoms with van der Waals surface area (Å²) in [5.74, 6) is 0.614. The zero-order chi connectivity index (χ0) is 15.6. The highest BCUT2D eigenvalue weighted by atomic mass is 32.2. The van der Waals surface area contributed by atoms with Crippen molar-refractivity contribution in [3.63, 3.8) is 0 Å². The van der Waals surface area contributed by atoms with Crippen molar-refractivity contribution in [3.05, 3.63) is 66.6 Å². The summed E-state index contributed by atoms with van der Waals surface area (Å²) < 4.78 is 28.6. The number of anilines is 1. The van der Waals surface area contributed by atoms with E-state index in [0.29, 0.717) is 11.5 Å². The van der Waals surface area contributed by atoms with Gasteiger partial charge in [-0.15, -0.1) is 0 Å². The molecule has 0 bridgehead atoms. The molecule has 0 fully saturated rings. The third kappa shape index (κ3) is 2.99.